The van der Waals surface area contributed by atoms with Crippen LogP contribution in [0.25, 0.3) is 5.69 Å². The minimum Gasteiger partial charge on any atom is -0.494 e. The quantitative estimate of drug-likeness (QED) is 0.726. The van der Waals surface area contributed by atoms with Crippen molar-refractivity contribution in [1.29, 1.82) is 0 Å². The molecule has 3 aromatic rings. The van der Waals surface area contributed by atoms with Crippen molar-refractivity contribution >= 4 is 0 Å². The van der Waals surface area contributed by atoms with Crippen LogP contribution in [-0.2, 0) is 12.8 Å². The van der Waals surface area contributed by atoms with Gasteiger partial charge in [0.25, 0.3) is 0 Å². The maximum Gasteiger partial charge on any atom is 0.202 e. The Balaban J connectivity index is 1.68. The lowest BCUT2D eigenvalue weighted by atomic mass is 9.81. The maximum atomic E-state index is 10.8. The molecule has 0 saturated carbocycles. The number of rotatable bonds is 4. The molecule has 1 heterocycles. The Bertz CT molecular complexity index is 897. The Labute approximate surface area is 153 Å². The molecule has 1 aromatic heterocycles. The third-order valence-corrected chi connectivity index (χ3v) is 5.20. The van der Waals surface area contributed by atoms with Crippen LogP contribution in [0.15, 0.2) is 54.6 Å². The highest BCUT2D eigenvalue weighted by Gasteiger charge is 2.30. The van der Waals surface area contributed by atoms with E-state index in [1.54, 1.807) is 0 Å². The predicted molar refractivity (Wildman–Crippen MR) is 101 cm³/mol. The van der Waals surface area contributed by atoms with Gasteiger partial charge in [-0.3, -0.25) is 4.57 Å². The van der Waals surface area contributed by atoms with Crippen LogP contribution in [0.1, 0.15) is 36.0 Å². The smallest absolute Gasteiger partial charge is 0.202 e. The van der Waals surface area contributed by atoms with Crippen molar-refractivity contribution in [2.75, 3.05) is 6.61 Å². The molecule has 0 aliphatic heterocycles. The van der Waals surface area contributed by atoms with E-state index in [0.717, 1.165) is 41.8 Å². The highest BCUT2D eigenvalue weighted by molar-refractivity contribution is 5.55. The second-order valence-electron chi connectivity index (χ2n) is 6.72. The minimum absolute atomic E-state index is 0.141. The summed E-state index contributed by atoms with van der Waals surface area (Å²) < 4.78 is 7.00. The highest BCUT2D eigenvalue weighted by Crippen LogP contribution is 2.44. The largest absolute Gasteiger partial charge is 0.494 e. The van der Waals surface area contributed by atoms with Gasteiger partial charge in [-0.25, -0.2) is 0 Å². The Morgan fingerprint density at radius 1 is 0.962 bits per heavy atom. The second-order valence-corrected chi connectivity index (χ2v) is 6.72. The summed E-state index contributed by atoms with van der Waals surface area (Å²) in [5.41, 5.74) is 3.74. The number of aromatic hydroxyl groups is 2. The average molecular weight is 349 g/mol. The fraction of sp³-hybridized carbons (Fsp3) is 0.273. The molecule has 0 bridgehead atoms. The summed E-state index contributed by atoms with van der Waals surface area (Å²) in [6.07, 6.45) is 2.47. The van der Waals surface area contributed by atoms with Crippen LogP contribution in [0.5, 0.6) is 17.5 Å². The second kappa shape index (κ2) is 6.79. The average Bonchev–Trinajstić information content (AvgIpc) is 2.94. The molecule has 4 nitrogen and oxygen atoms in total. The molecule has 2 aromatic carbocycles. The molecule has 1 aliphatic rings. The predicted octanol–water partition coefficient (Wildman–Crippen LogP) is 4.56. The van der Waals surface area contributed by atoms with Crippen molar-refractivity contribution in [2.24, 2.45) is 0 Å². The molecule has 2 N–H and O–H groups in total. The normalized spacial score (nSPS) is 16.3. The van der Waals surface area contributed by atoms with Crippen LogP contribution in [-0.4, -0.2) is 21.4 Å². The van der Waals surface area contributed by atoms with Gasteiger partial charge in [0.05, 0.1) is 12.3 Å². The zero-order valence-corrected chi connectivity index (χ0v) is 14.9. The molecular formula is C22H23NO3. The maximum absolute atomic E-state index is 10.8. The van der Waals surface area contributed by atoms with Crippen molar-refractivity contribution in [1.82, 2.24) is 4.57 Å². The van der Waals surface area contributed by atoms with E-state index in [9.17, 15) is 10.2 Å². The molecular weight excluding hydrogens is 326 g/mol. The fourth-order valence-corrected chi connectivity index (χ4v) is 3.90. The molecule has 0 saturated heterocycles. The van der Waals surface area contributed by atoms with E-state index in [1.165, 1.54) is 10.1 Å². The number of hydrogen-bond donors (Lipinski definition) is 2. The molecule has 0 spiro atoms. The summed E-state index contributed by atoms with van der Waals surface area (Å²) >= 11 is 0. The van der Waals surface area contributed by atoms with Gasteiger partial charge in [0, 0.05) is 11.1 Å². The van der Waals surface area contributed by atoms with Gasteiger partial charge >= 0.3 is 0 Å². The number of hydrogen-bond acceptors (Lipinski definition) is 3. The van der Waals surface area contributed by atoms with Crippen LogP contribution in [0.3, 0.4) is 0 Å². The first-order chi connectivity index (χ1) is 12.7. The summed E-state index contributed by atoms with van der Waals surface area (Å²) in [6, 6.07) is 17.8. The van der Waals surface area contributed by atoms with Gasteiger partial charge in [0.2, 0.25) is 11.8 Å². The Kier molecular flexibility index (Phi) is 4.33. The zero-order chi connectivity index (χ0) is 18.1. The topological polar surface area (TPSA) is 54.6 Å². The summed E-state index contributed by atoms with van der Waals surface area (Å²) in [7, 11) is 0. The number of aromatic nitrogens is 1. The molecule has 0 amide bonds. The first-order valence-electron chi connectivity index (χ1n) is 9.11. The third-order valence-electron chi connectivity index (χ3n) is 5.20. The Morgan fingerprint density at radius 2 is 1.65 bits per heavy atom. The van der Waals surface area contributed by atoms with Gasteiger partial charge in [0.1, 0.15) is 5.75 Å². The number of fused-ring (bicyclic) bond motifs is 1. The van der Waals surface area contributed by atoms with Crippen molar-refractivity contribution < 1.29 is 14.9 Å². The highest BCUT2D eigenvalue weighted by atomic mass is 16.5. The molecule has 4 rings (SSSR count). The first-order valence-corrected chi connectivity index (χ1v) is 9.11. The van der Waals surface area contributed by atoms with Crippen molar-refractivity contribution in [3.63, 3.8) is 0 Å². The standard InChI is InChI=1S/C22H23NO3/c1-2-26-18-11-9-17(10-12-18)23-21(24)19-13-8-16(14-20(19)22(23)25)15-6-4-3-5-7-15/h3-7,9-12,16,24-25H,2,8,13-14H2,1H3. The zero-order valence-electron chi connectivity index (χ0n) is 14.9. The van der Waals surface area contributed by atoms with Crippen molar-refractivity contribution in [3.8, 4) is 23.2 Å². The van der Waals surface area contributed by atoms with E-state index in [-0.39, 0.29) is 11.8 Å². The number of benzene rings is 2. The van der Waals surface area contributed by atoms with Crippen LogP contribution in [0, 0.1) is 0 Å². The van der Waals surface area contributed by atoms with E-state index >= 15 is 0 Å². The fourth-order valence-electron chi connectivity index (χ4n) is 3.90. The van der Waals surface area contributed by atoms with E-state index < -0.39 is 0 Å². The lowest BCUT2D eigenvalue weighted by molar-refractivity contribution is 0.340. The molecule has 0 radical (unpaired) electrons. The molecule has 4 heteroatoms. The van der Waals surface area contributed by atoms with Gasteiger partial charge in [-0.15, -0.1) is 0 Å². The molecule has 0 fully saturated rings. The molecule has 1 unspecified atom stereocenters. The summed E-state index contributed by atoms with van der Waals surface area (Å²) in [5, 5.41) is 21.5. The van der Waals surface area contributed by atoms with Crippen LogP contribution in [0.4, 0.5) is 0 Å². The van der Waals surface area contributed by atoms with Crippen molar-refractivity contribution in [3.05, 3.63) is 71.3 Å². The Hall–Kier alpha value is -2.88. The number of nitrogens with zero attached hydrogens (tertiary/aromatic N) is 1. The van der Waals surface area contributed by atoms with E-state index in [2.05, 4.69) is 12.1 Å². The molecule has 1 atom stereocenters. The molecule has 134 valence electrons. The minimum atomic E-state index is 0.141. The van der Waals surface area contributed by atoms with E-state index in [1.807, 2.05) is 49.4 Å². The number of ether oxygens (including phenoxy) is 1. The van der Waals surface area contributed by atoms with Crippen LogP contribution >= 0.6 is 0 Å². The lowest BCUT2D eigenvalue weighted by Crippen LogP contribution is -2.11. The molecule has 1 aliphatic carbocycles. The molecule has 26 heavy (non-hydrogen) atoms. The van der Waals surface area contributed by atoms with Gasteiger partial charge in [-0.1, -0.05) is 30.3 Å². The monoisotopic (exact) mass is 349 g/mol. The summed E-state index contributed by atoms with van der Waals surface area (Å²) in [5.74, 6) is 1.43. The van der Waals surface area contributed by atoms with E-state index in [4.69, 9.17) is 4.74 Å². The summed E-state index contributed by atoms with van der Waals surface area (Å²) in [4.78, 5) is 0. The van der Waals surface area contributed by atoms with Gasteiger partial charge in [-0.05, 0) is 61.9 Å². The summed E-state index contributed by atoms with van der Waals surface area (Å²) in [6.45, 7) is 2.54. The first kappa shape index (κ1) is 16.6. The van der Waals surface area contributed by atoms with E-state index in [0.29, 0.717) is 12.5 Å². The van der Waals surface area contributed by atoms with Gasteiger partial charge in [-0.2, -0.15) is 0 Å². The SMILES string of the molecule is CCOc1ccc(-n2c(O)c3c(c2O)CC(c2ccccc2)CC3)cc1. The van der Waals surface area contributed by atoms with Crippen LogP contribution < -0.4 is 4.74 Å². The van der Waals surface area contributed by atoms with Gasteiger partial charge < -0.3 is 14.9 Å². The third kappa shape index (κ3) is 2.81. The van der Waals surface area contributed by atoms with Crippen LogP contribution in [0.2, 0.25) is 0 Å². The Morgan fingerprint density at radius 3 is 2.35 bits per heavy atom. The lowest BCUT2D eigenvalue weighted by Gasteiger charge is -2.22. The van der Waals surface area contributed by atoms with Gasteiger partial charge in [0.15, 0.2) is 0 Å². The van der Waals surface area contributed by atoms with Crippen molar-refractivity contribution in [2.45, 2.75) is 32.1 Å².